The first-order valence-corrected chi connectivity index (χ1v) is 5.39. The fraction of sp³-hybridized carbons (Fsp3) is 0.364. The van der Waals surface area contributed by atoms with Crippen LogP contribution in [0.25, 0.3) is 0 Å². The summed E-state index contributed by atoms with van der Waals surface area (Å²) in [6.45, 7) is 3.19. The molecule has 0 unspecified atom stereocenters. The molecule has 0 saturated heterocycles. The zero-order valence-electron chi connectivity index (χ0n) is 10.4. The number of carbonyl (C=O) groups is 1. The number of aliphatic carboxylic acids is 1. The van der Waals surface area contributed by atoms with E-state index in [-0.39, 0.29) is 10.6 Å². The second-order valence-electron chi connectivity index (χ2n) is 4.25. The molecule has 0 saturated carbocycles. The summed E-state index contributed by atoms with van der Waals surface area (Å²) in [7, 11) is 0. The lowest BCUT2D eigenvalue weighted by Crippen LogP contribution is -2.30. The molecule has 0 spiro atoms. The van der Waals surface area contributed by atoms with E-state index in [1.807, 2.05) is 0 Å². The lowest BCUT2D eigenvalue weighted by Gasteiger charge is -2.20. The summed E-state index contributed by atoms with van der Waals surface area (Å²) in [6, 6.07) is 2.69. The molecule has 0 aliphatic rings. The molecular formula is C11H11ClF5NO2. The van der Waals surface area contributed by atoms with Crippen LogP contribution in [0.2, 0.25) is 5.02 Å². The number of alkyl halides is 3. The van der Waals surface area contributed by atoms with Gasteiger partial charge in [0, 0.05) is 11.1 Å². The van der Waals surface area contributed by atoms with Crippen LogP contribution in [0.1, 0.15) is 19.4 Å². The molecule has 0 aliphatic heterocycles. The van der Waals surface area contributed by atoms with E-state index in [4.69, 9.17) is 27.2 Å². The third-order valence-corrected chi connectivity index (χ3v) is 2.26. The monoisotopic (exact) mass is 319 g/mol. The first kappa shape index (κ1) is 18.6. The Labute approximate surface area is 116 Å². The number of nitrogens with two attached hydrogens (primary N) is 1. The van der Waals surface area contributed by atoms with Crippen molar-refractivity contribution in [3.63, 3.8) is 0 Å². The molecule has 1 rings (SSSR count). The lowest BCUT2D eigenvalue weighted by atomic mass is 9.95. The molecule has 3 nitrogen and oxygen atoms in total. The number of carboxylic acid groups (broad SMARTS) is 1. The van der Waals surface area contributed by atoms with Gasteiger partial charge in [0.15, 0.2) is 11.6 Å². The van der Waals surface area contributed by atoms with E-state index in [0.717, 1.165) is 0 Å². The standard InChI is InChI=1S/C9H10ClF2N.C2HF3O2/c1-9(2,13)5-3-4-6(10)8(12)7(5)11;3-2(4,5)1(6)7/h3-4H,13H2,1-2H3;(H,6,7). The van der Waals surface area contributed by atoms with Crippen LogP contribution < -0.4 is 5.73 Å². The molecule has 1 aromatic rings. The van der Waals surface area contributed by atoms with E-state index in [1.165, 1.54) is 12.1 Å². The maximum Gasteiger partial charge on any atom is 0.490 e. The number of hydrogen-bond donors (Lipinski definition) is 2. The SMILES string of the molecule is CC(C)(N)c1ccc(Cl)c(F)c1F.O=C(O)C(F)(F)F. The third-order valence-electron chi connectivity index (χ3n) is 1.97. The van der Waals surface area contributed by atoms with Crippen LogP contribution in [0, 0.1) is 11.6 Å². The van der Waals surface area contributed by atoms with Crippen molar-refractivity contribution in [2.45, 2.75) is 25.6 Å². The second-order valence-corrected chi connectivity index (χ2v) is 4.65. The zero-order chi connectivity index (χ0) is 16.3. The molecule has 0 radical (unpaired) electrons. The van der Waals surface area contributed by atoms with E-state index >= 15 is 0 Å². The van der Waals surface area contributed by atoms with Gasteiger partial charge in [-0.05, 0) is 19.9 Å². The van der Waals surface area contributed by atoms with Crippen molar-refractivity contribution in [1.29, 1.82) is 0 Å². The quantitative estimate of drug-likeness (QED) is 0.615. The molecule has 0 aliphatic carbocycles. The maximum atomic E-state index is 13.2. The van der Waals surface area contributed by atoms with Gasteiger partial charge in [-0.15, -0.1) is 0 Å². The number of hydrogen-bond acceptors (Lipinski definition) is 2. The number of carboxylic acids is 1. The highest BCUT2D eigenvalue weighted by atomic mass is 35.5. The smallest absolute Gasteiger partial charge is 0.475 e. The van der Waals surface area contributed by atoms with Gasteiger partial charge < -0.3 is 10.8 Å². The van der Waals surface area contributed by atoms with Gasteiger partial charge in [0.2, 0.25) is 0 Å². The van der Waals surface area contributed by atoms with Crippen molar-refractivity contribution in [1.82, 2.24) is 0 Å². The molecule has 9 heteroatoms. The Kier molecular flexibility index (Phi) is 5.91. The predicted octanol–water partition coefficient (Wildman–Crippen LogP) is 3.45. The van der Waals surface area contributed by atoms with Gasteiger partial charge in [-0.25, -0.2) is 13.6 Å². The molecule has 0 amide bonds. The first-order chi connectivity index (χ1) is 8.78. The third kappa shape index (κ3) is 5.30. The average molecular weight is 320 g/mol. The Bertz CT molecular complexity index is 497. The molecule has 0 atom stereocenters. The van der Waals surface area contributed by atoms with Gasteiger partial charge in [-0.3, -0.25) is 0 Å². The molecule has 0 bridgehead atoms. The summed E-state index contributed by atoms with van der Waals surface area (Å²) in [5.74, 6) is -4.77. The normalized spacial score (nSPS) is 11.7. The lowest BCUT2D eigenvalue weighted by molar-refractivity contribution is -0.192. The summed E-state index contributed by atoms with van der Waals surface area (Å²) in [4.78, 5) is 8.90. The molecule has 1 aromatic carbocycles. The van der Waals surface area contributed by atoms with Gasteiger partial charge in [-0.2, -0.15) is 13.2 Å². The summed E-state index contributed by atoms with van der Waals surface area (Å²) in [6.07, 6.45) is -5.08. The largest absolute Gasteiger partial charge is 0.490 e. The Morgan fingerprint density at radius 1 is 1.20 bits per heavy atom. The van der Waals surface area contributed by atoms with Crippen LogP contribution >= 0.6 is 11.6 Å². The minimum atomic E-state index is -5.08. The van der Waals surface area contributed by atoms with Crippen LogP contribution in [0.4, 0.5) is 22.0 Å². The van der Waals surface area contributed by atoms with Crippen LogP contribution in [-0.4, -0.2) is 17.3 Å². The molecule has 20 heavy (non-hydrogen) atoms. The van der Waals surface area contributed by atoms with Gasteiger partial charge in [0.1, 0.15) is 0 Å². The topological polar surface area (TPSA) is 63.3 Å². The van der Waals surface area contributed by atoms with Gasteiger partial charge in [0.25, 0.3) is 0 Å². The van der Waals surface area contributed by atoms with Crippen LogP contribution in [-0.2, 0) is 10.3 Å². The van der Waals surface area contributed by atoms with Gasteiger partial charge in [-0.1, -0.05) is 17.7 Å². The van der Waals surface area contributed by atoms with Gasteiger partial charge in [0.05, 0.1) is 5.02 Å². The van der Waals surface area contributed by atoms with Crippen LogP contribution in [0.5, 0.6) is 0 Å². The van der Waals surface area contributed by atoms with E-state index in [9.17, 15) is 22.0 Å². The molecule has 0 aromatic heterocycles. The number of rotatable bonds is 1. The van der Waals surface area contributed by atoms with Crippen molar-refractivity contribution in [3.05, 3.63) is 34.4 Å². The first-order valence-electron chi connectivity index (χ1n) is 5.01. The van der Waals surface area contributed by atoms with E-state index in [1.54, 1.807) is 13.8 Å². The van der Waals surface area contributed by atoms with Crippen molar-refractivity contribution in [2.75, 3.05) is 0 Å². The Morgan fingerprint density at radius 2 is 1.60 bits per heavy atom. The Balaban J connectivity index is 0.000000441. The second kappa shape index (κ2) is 6.36. The highest BCUT2D eigenvalue weighted by Gasteiger charge is 2.38. The zero-order valence-corrected chi connectivity index (χ0v) is 11.1. The van der Waals surface area contributed by atoms with Crippen molar-refractivity contribution < 1.29 is 31.9 Å². The summed E-state index contributed by atoms with van der Waals surface area (Å²) >= 11 is 5.38. The van der Waals surface area contributed by atoms with Crippen LogP contribution in [0.3, 0.4) is 0 Å². The Hall–Kier alpha value is -1.41. The van der Waals surface area contributed by atoms with Crippen molar-refractivity contribution >= 4 is 17.6 Å². The number of benzene rings is 1. The molecule has 3 N–H and O–H groups in total. The highest BCUT2D eigenvalue weighted by molar-refractivity contribution is 6.30. The minimum Gasteiger partial charge on any atom is -0.475 e. The van der Waals surface area contributed by atoms with Crippen molar-refractivity contribution in [2.24, 2.45) is 5.73 Å². The molecule has 0 heterocycles. The molecule has 0 fully saturated rings. The molecular weight excluding hydrogens is 309 g/mol. The highest BCUT2D eigenvalue weighted by Crippen LogP contribution is 2.26. The molecule has 114 valence electrons. The Morgan fingerprint density at radius 3 is 1.90 bits per heavy atom. The minimum absolute atomic E-state index is 0.120. The summed E-state index contributed by atoms with van der Waals surface area (Å²) in [5, 5.41) is 6.89. The van der Waals surface area contributed by atoms with E-state index in [2.05, 4.69) is 0 Å². The number of halogens is 6. The fourth-order valence-electron chi connectivity index (χ4n) is 1.02. The summed E-state index contributed by atoms with van der Waals surface area (Å²) < 4.78 is 57.9. The summed E-state index contributed by atoms with van der Waals surface area (Å²) in [5.41, 5.74) is 4.84. The fourth-order valence-corrected chi connectivity index (χ4v) is 1.17. The van der Waals surface area contributed by atoms with Crippen molar-refractivity contribution in [3.8, 4) is 0 Å². The van der Waals surface area contributed by atoms with E-state index < -0.39 is 29.3 Å². The average Bonchev–Trinajstić information content (AvgIpc) is 2.23. The maximum absolute atomic E-state index is 13.2. The van der Waals surface area contributed by atoms with Gasteiger partial charge >= 0.3 is 12.1 Å². The predicted molar refractivity (Wildman–Crippen MR) is 62.3 cm³/mol. The van der Waals surface area contributed by atoms with E-state index in [0.29, 0.717) is 0 Å². The van der Waals surface area contributed by atoms with Crippen LogP contribution in [0.15, 0.2) is 12.1 Å².